The summed E-state index contributed by atoms with van der Waals surface area (Å²) in [6.07, 6.45) is 1.71. The van der Waals surface area contributed by atoms with E-state index in [0.717, 1.165) is 42.4 Å². The molecule has 0 saturated carbocycles. The Morgan fingerprint density at radius 2 is 2.00 bits per heavy atom. The number of morpholine rings is 1. The molecule has 6 heteroatoms. The fraction of sp³-hybridized carbons (Fsp3) is 0.304. The maximum atomic E-state index is 13.6. The molecule has 0 bridgehead atoms. The van der Waals surface area contributed by atoms with Crippen LogP contribution in [0, 0.1) is 5.82 Å². The predicted molar refractivity (Wildman–Crippen MR) is 112 cm³/mol. The lowest BCUT2D eigenvalue weighted by molar-refractivity contribution is -0.0349. The fourth-order valence-electron chi connectivity index (χ4n) is 3.66. The first-order valence-electron chi connectivity index (χ1n) is 9.78. The summed E-state index contributed by atoms with van der Waals surface area (Å²) in [5, 5.41) is 0. The Bertz CT molecular complexity index is 978. The van der Waals surface area contributed by atoms with Crippen molar-refractivity contribution < 1.29 is 9.13 Å². The number of nitrogens with zero attached hydrogens (tertiary/aromatic N) is 4. The van der Waals surface area contributed by atoms with Crippen molar-refractivity contribution in [2.75, 3.05) is 38.7 Å². The average Bonchev–Trinajstić information content (AvgIpc) is 2.74. The zero-order valence-corrected chi connectivity index (χ0v) is 16.8. The number of halogens is 1. The molecule has 1 unspecified atom stereocenters. The number of hydrogen-bond acceptors (Lipinski definition) is 5. The Morgan fingerprint density at radius 1 is 1.14 bits per heavy atom. The Labute approximate surface area is 170 Å². The molecule has 4 rings (SSSR count). The second kappa shape index (κ2) is 8.68. The van der Waals surface area contributed by atoms with Gasteiger partial charge in [0.15, 0.2) is 0 Å². The van der Waals surface area contributed by atoms with Gasteiger partial charge in [-0.15, -0.1) is 0 Å². The van der Waals surface area contributed by atoms with Gasteiger partial charge in [-0.3, -0.25) is 9.88 Å². The van der Waals surface area contributed by atoms with E-state index in [2.05, 4.69) is 16.0 Å². The minimum Gasteiger partial charge on any atom is -0.369 e. The zero-order valence-electron chi connectivity index (χ0n) is 16.8. The van der Waals surface area contributed by atoms with Crippen molar-refractivity contribution in [1.29, 1.82) is 0 Å². The van der Waals surface area contributed by atoms with Crippen molar-refractivity contribution in [1.82, 2.24) is 14.9 Å². The van der Waals surface area contributed by atoms with Gasteiger partial charge in [0.05, 0.1) is 18.0 Å². The number of aromatic nitrogens is 2. The molecule has 0 N–H and O–H groups in total. The first-order chi connectivity index (χ1) is 14.1. The lowest BCUT2D eigenvalue weighted by Crippen LogP contribution is -2.38. The summed E-state index contributed by atoms with van der Waals surface area (Å²) in [6, 6.07) is 16.4. The van der Waals surface area contributed by atoms with Crippen molar-refractivity contribution in [2.45, 2.75) is 12.6 Å². The summed E-state index contributed by atoms with van der Waals surface area (Å²) < 4.78 is 19.6. The van der Waals surface area contributed by atoms with E-state index < -0.39 is 0 Å². The molecule has 0 radical (unpaired) electrons. The molecule has 3 aromatic rings. The first kappa shape index (κ1) is 19.5. The zero-order chi connectivity index (χ0) is 20.2. The second-order valence-corrected chi connectivity index (χ2v) is 7.43. The van der Waals surface area contributed by atoms with Gasteiger partial charge in [-0.25, -0.2) is 9.37 Å². The van der Waals surface area contributed by atoms with Crippen LogP contribution in [0.25, 0.3) is 11.3 Å². The SMILES string of the molecule is CN(C)c1ncccc1CN1CCOC(c2cccc(-c3cccc(F)c3)n2)C1. The van der Waals surface area contributed by atoms with Gasteiger partial charge in [-0.05, 0) is 30.3 Å². The van der Waals surface area contributed by atoms with Crippen molar-refractivity contribution >= 4 is 5.82 Å². The Kier molecular flexibility index (Phi) is 5.83. The molecule has 1 aliphatic rings. The Balaban J connectivity index is 1.51. The monoisotopic (exact) mass is 392 g/mol. The van der Waals surface area contributed by atoms with Crippen LogP contribution in [-0.4, -0.2) is 48.7 Å². The van der Waals surface area contributed by atoms with Gasteiger partial charge in [0, 0.05) is 51.1 Å². The highest BCUT2D eigenvalue weighted by atomic mass is 19.1. The number of pyridine rings is 2. The van der Waals surface area contributed by atoms with E-state index >= 15 is 0 Å². The van der Waals surface area contributed by atoms with Crippen molar-refractivity contribution in [3.63, 3.8) is 0 Å². The van der Waals surface area contributed by atoms with Crippen molar-refractivity contribution in [3.05, 3.63) is 77.9 Å². The van der Waals surface area contributed by atoms with E-state index in [9.17, 15) is 4.39 Å². The first-order valence-corrected chi connectivity index (χ1v) is 9.78. The second-order valence-electron chi connectivity index (χ2n) is 7.43. The van der Waals surface area contributed by atoms with Crippen LogP contribution in [0.5, 0.6) is 0 Å². The van der Waals surface area contributed by atoms with Crippen LogP contribution in [0.1, 0.15) is 17.4 Å². The molecule has 2 aromatic heterocycles. The number of hydrogen-bond donors (Lipinski definition) is 0. The third kappa shape index (κ3) is 4.60. The molecule has 1 saturated heterocycles. The highest BCUT2D eigenvalue weighted by Crippen LogP contribution is 2.26. The topological polar surface area (TPSA) is 41.5 Å². The van der Waals surface area contributed by atoms with Gasteiger partial charge >= 0.3 is 0 Å². The van der Waals surface area contributed by atoms with E-state index in [1.54, 1.807) is 6.07 Å². The highest BCUT2D eigenvalue weighted by Gasteiger charge is 2.24. The molecule has 0 spiro atoms. The molecule has 1 atom stereocenters. The van der Waals surface area contributed by atoms with Gasteiger partial charge in [0.1, 0.15) is 17.7 Å². The van der Waals surface area contributed by atoms with Gasteiger partial charge in [0.2, 0.25) is 0 Å². The number of rotatable bonds is 5. The van der Waals surface area contributed by atoms with Crippen LogP contribution in [0.4, 0.5) is 10.2 Å². The lowest BCUT2D eigenvalue weighted by atomic mass is 10.1. The Morgan fingerprint density at radius 3 is 2.83 bits per heavy atom. The molecule has 1 aliphatic heterocycles. The summed E-state index contributed by atoms with van der Waals surface area (Å²) in [5.41, 5.74) is 3.59. The van der Waals surface area contributed by atoms with Crippen LogP contribution in [0.2, 0.25) is 0 Å². The van der Waals surface area contributed by atoms with Gasteiger partial charge in [0.25, 0.3) is 0 Å². The van der Waals surface area contributed by atoms with Crippen molar-refractivity contribution in [3.8, 4) is 11.3 Å². The van der Waals surface area contributed by atoms with Crippen LogP contribution < -0.4 is 4.90 Å². The molecular formula is C23H25FN4O. The summed E-state index contributed by atoms with van der Waals surface area (Å²) in [4.78, 5) is 13.7. The van der Waals surface area contributed by atoms with E-state index in [0.29, 0.717) is 6.61 Å². The smallest absolute Gasteiger partial charge is 0.132 e. The molecule has 0 aliphatic carbocycles. The van der Waals surface area contributed by atoms with Crippen LogP contribution in [0.3, 0.4) is 0 Å². The highest BCUT2D eigenvalue weighted by molar-refractivity contribution is 5.59. The molecule has 29 heavy (non-hydrogen) atoms. The number of anilines is 1. The number of benzene rings is 1. The molecule has 5 nitrogen and oxygen atoms in total. The maximum absolute atomic E-state index is 13.6. The Hall–Kier alpha value is -2.83. The lowest BCUT2D eigenvalue weighted by Gasteiger charge is -2.33. The predicted octanol–water partition coefficient (Wildman–Crippen LogP) is 3.92. The normalized spacial score (nSPS) is 17.3. The van der Waals surface area contributed by atoms with E-state index in [1.165, 1.54) is 17.7 Å². The molecular weight excluding hydrogens is 367 g/mol. The van der Waals surface area contributed by atoms with E-state index in [-0.39, 0.29) is 11.9 Å². The van der Waals surface area contributed by atoms with Gasteiger partial charge in [-0.1, -0.05) is 24.3 Å². The maximum Gasteiger partial charge on any atom is 0.132 e. The summed E-state index contributed by atoms with van der Waals surface area (Å²) in [5.74, 6) is 0.727. The van der Waals surface area contributed by atoms with Crippen molar-refractivity contribution in [2.24, 2.45) is 0 Å². The van der Waals surface area contributed by atoms with Gasteiger partial charge in [-0.2, -0.15) is 0 Å². The standard InChI is InChI=1S/C23H25FN4O/c1-27(2)23-18(7-5-11-25-23)15-28-12-13-29-22(16-28)21-10-4-9-20(26-21)17-6-3-8-19(24)14-17/h3-11,14,22H,12-13,15-16H2,1-2H3. The van der Waals surface area contributed by atoms with Crippen LogP contribution in [-0.2, 0) is 11.3 Å². The van der Waals surface area contributed by atoms with E-state index in [4.69, 9.17) is 9.72 Å². The molecule has 0 amide bonds. The van der Waals surface area contributed by atoms with E-state index in [1.807, 2.05) is 55.5 Å². The quantitative estimate of drug-likeness (QED) is 0.658. The summed E-state index contributed by atoms with van der Waals surface area (Å²) in [7, 11) is 4.02. The minimum atomic E-state index is -0.261. The largest absolute Gasteiger partial charge is 0.369 e. The third-order valence-electron chi connectivity index (χ3n) is 5.06. The molecule has 3 heterocycles. The van der Waals surface area contributed by atoms with Crippen LogP contribution in [0.15, 0.2) is 60.8 Å². The average molecular weight is 392 g/mol. The molecule has 1 aromatic carbocycles. The van der Waals surface area contributed by atoms with Gasteiger partial charge < -0.3 is 9.64 Å². The summed E-state index contributed by atoms with van der Waals surface area (Å²) in [6.45, 7) is 3.07. The fourth-order valence-corrected chi connectivity index (χ4v) is 3.66. The molecule has 150 valence electrons. The third-order valence-corrected chi connectivity index (χ3v) is 5.06. The minimum absolute atomic E-state index is 0.114. The molecule has 1 fully saturated rings. The van der Waals surface area contributed by atoms with Crippen LogP contribution >= 0.6 is 0 Å². The summed E-state index contributed by atoms with van der Waals surface area (Å²) >= 11 is 0. The number of ether oxygens (including phenoxy) is 1.